The number of hydrogen-bond donors (Lipinski definition) is 2. The van der Waals surface area contributed by atoms with Crippen molar-refractivity contribution in [3.05, 3.63) is 47.8 Å². The van der Waals surface area contributed by atoms with Gasteiger partial charge in [-0.3, -0.25) is 0 Å². The molecule has 4 rings (SSSR count). The Bertz CT molecular complexity index is 1010. The number of likely N-dealkylation sites (tertiary alicyclic amines) is 1. The Morgan fingerprint density at radius 1 is 1.15 bits per heavy atom. The lowest BCUT2D eigenvalue weighted by molar-refractivity contribution is 0.227. The molecule has 0 bridgehead atoms. The SMILES string of the molecule is C/C=C(/Oc1ccc(N)cc1F)c1cc(OC)c(OCC2CC3CN(C)CC3C2)cc1NC. The van der Waals surface area contributed by atoms with Gasteiger partial charge in [-0.2, -0.15) is 0 Å². The maximum Gasteiger partial charge on any atom is 0.167 e. The minimum atomic E-state index is -0.514. The molecule has 2 aromatic carbocycles. The van der Waals surface area contributed by atoms with Crippen molar-refractivity contribution in [3.8, 4) is 17.2 Å². The van der Waals surface area contributed by atoms with Crippen LogP contribution in [0.4, 0.5) is 15.8 Å². The van der Waals surface area contributed by atoms with Gasteiger partial charge in [0.2, 0.25) is 0 Å². The highest BCUT2D eigenvalue weighted by Gasteiger charge is 2.39. The summed E-state index contributed by atoms with van der Waals surface area (Å²) in [7, 11) is 5.66. The molecule has 6 nitrogen and oxygen atoms in total. The van der Waals surface area contributed by atoms with Crippen molar-refractivity contribution in [2.24, 2.45) is 17.8 Å². The van der Waals surface area contributed by atoms with Crippen LogP contribution in [-0.4, -0.2) is 45.8 Å². The third kappa shape index (κ3) is 5.03. The van der Waals surface area contributed by atoms with E-state index in [1.807, 2.05) is 26.1 Å². The van der Waals surface area contributed by atoms with Gasteiger partial charge in [0.25, 0.3) is 0 Å². The number of nitrogens with one attached hydrogen (secondary N) is 1. The summed E-state index contributed by atoms with van der Waals surface area (Å²) in [6.07, 6.45) is 4.23. The number of methoxy groups -OCH3 is 1. The fourth-order valence-corrected chi connectivity index (χ4v) is 5.23. The fraction of sp³-hybridized carbons (Fsp3) is 0.462. The quantitative estimate of drug-likeness (QED) is 0.437. The van der Waals surface area contributed by atoms with Gasteiger partial charge in [-0.05, 0) is 68.8 Å². The van der Waals surface area contributed by atoms with Crippen LogP contribution in [0, 0.1) is 23.6 Å². The molecule has 2 atom stereocenters. The van der Waals surface area contributed by atoms with Crippen molar-refractivity contribution in [2.45, 2.75) is 19.8 Å². The lowest BCUT2D eigenvalue weighted by atomic mass is 10.0. The molecule has 7 heteroatoms. The molecular formula is C26H34FN3O3. The number of rotatable bonds is 8. The van der Waals surface area contributed by atoms with E-state index in [0.29, 0.717) is 35.5 Å². The second-order valence-electron chi connectivity index (χ2n) is 9.13. The highest BCUT2D eigenvalue weighted by atomic mass is 19.1. The zero-order valence-corrected chi connectivity index (χ0v) is 19.9. The monoisotopic (exact) mass is 455 g/mol. The zero-order chi connectivity index (χ0) is 23.5. The average Bonchev–Trinajstić information content (AvgIpc) is 3.33. The number of fused-ring (bicyclic) bond motifs is 1. The van der Waals surface area contributed by atoms with Crippen molar-refractivity contribution in [3.63, 3.8) is 0 Å². The minimum absolute atomic E-state index is 0.107. The first-order valence-electron chi connectivity index (χ1n) is 11.5. The maximum atomic E-state index is 14.3. The van der Waals surface area contributed by atoms with Gasteiger partial charge in [-0.15, -0.1) is 0 Å². The standard InChI is InChI=1S/C26H34FN3O3/c1-5-23(33-24-7-6-19(28)10-21(24)27)20-11-25(31-4)26(12-22(20)29-2)32-15-16-8-17-13-30(3)14-18(17)9-16/h5-7,10-12,16-18,29H,8-9,13-15,28H2,1-4H3/b23-5+. The predicted molar refractivity (Wildman–Crippen MR) is 130 cm³/mol. The summed E-state index contributed by atoms with van der Waals surface area (Å²) in [4.78, 5) is 2.44. The van der Waals surface area contributed by atoms with Gasteiger partial charge in [0, 0.05) is 49.2 Å². The molecule has 178 valence electrons. The number of anilines is 2. The molecule has 1 saturated heterocycles. The third-order valence-electron chi connectivity index (χ3n) is 6.78. The van der Waals surface area contributed by atoms with E-state index in [-0.39, 0.29) is 5.75 Å². The lowest BCUT2D eigenvalue weighted by Crippen LogP contribution is -2.18. The molecule has 0 radical (unpaired) electrons. The maximum absolute atomic E-state index is 14.3. The van der Waals surface area contributed by atoms with Crippen LogP contribution in [0.15, 0.2) is 36.4 Å². The Balaban J connectivity index is 1.51. The van der Waals surface area contributed by atoms with Gasteiger partial charge in [0.15, 0.2) is 23.1 Å². The Hall–Kier alpha value is -2.93. The van der Waals surface area contributed by atoms with Gasteiger partial charge in [-0.1, -0.05) is 0 Å². The summed E-state index contributed by atoms with van der Waals surface area (Å²) in [6.45, 7) is 4.92. The van der Waals surface area contributed by atoms with Crippen molar-refractivity contribution in [1.82, 2.24) is 4.90 Å². The Morgan fingerprint density at radius 3 is 2.48 bits per heavy atom. The number of allylic oxidation sites excluding steroid dienone is 1. The summed E-state index contributed by atoms with van der Waals surface area (Å²) in [5.74, 6) is 3.56. The summed E-state index contributed by atoms with van der Waals surface area (Å²) in [6, 6.07) is 8.16. The van der Waals surface area contributed by atoms with Crippen molar-refractivity contribution in [2.75, 3.05) is 52.0 Å². The number of nitrogens with two attached hydrogens (primary N) is 1. The summed E-state index contributed by atoms with van der Waals surface area (Å²) in [5.41, 5.74) is 7.56. The molecule has 1 aliphatic carbocycles. The van der Waals surface area contributed by atoms with E-state index in [2.05, 4.69) is 17.3 Å². The van der Waals surface area contributed by atoms with Gasteiger partial charge in [0.05, 0.1) is 13.7 Å². The van der Waals surface area contributed by atoms with Crippen LogP contribution >= 0.6 is 0 Å². The largest absolute Gasteiger partial charge is 0.493 e. The Morgan fingerprint density at radius 2 is 1.88 bits per heavy atom. The van der Waals surface area contributed by atoms with Gasteiger partial charge >= 0.3 is 0 Å². The van der Waals surface area contributed by atoms with Gasteiger partial charge in [0.1, 0.15) is 5.76 Å². The topological polar surface area (TPSA) is 69.0 Å². The highest BCUT2D eigenvalue weighted by molar-refractivity contribution is 5.77. The van der Waals surface area contributed by atoms with Gasteiger partial charge < -0.3 is 30.2 Å². The molecule has 2 unspecified atom stereocenters. The molecule has 2 fully saturated rings. The number of benzene rings is 2. The van der Waals surface area contributed by atoms with Crippen LogP contribution in [0.2, 0.25) is 0 Å². The molecule has 3 N–H and O–H groups in total. The van der Waals surface area contributed by atoms with Crippen molar-refractivity contribution >= 4 is 17.1 Å². The highest BCUT2D eigenvalue weighted by Crippen LogP contribution is 2.42. The van der Waals surface area contributed by atoms with E-state index in [4.69, 9.17) is 19.9 Å². The number of nitrogens with zero attached hydrogens (tertiary/aromatic N) is 1. The molecule has 1 heterocycles. The second kappa shape index (κ2) is 9.91. The van der Waals surface area contributed by atoms with E-state index in [1.165, 1.54) is 38.1 Å². The molecule has 1 aliphatic heterocycles. The Kier molecular flexibility index (Phi) is 6.98. The first-order chi connectivity index (χ1) is 15.9. The van der Waals surface area contributed by atoms with Crippen LogP contribution in [0.25, 0.3) is 5.76 Å². The van der Waals surface area contributed by atoms with Crippen molar-refractivity contribution in [1.29, 1.82) is 0 Å². The van der Waals surface area contributed by atoms with Crippen LogP contribution in [-0.2, 0) is 0 Å². The average molecular weight is 456 g/mol. The van der Waals surface area contributed by atoms with Crippen LogP contribution in [0.3, 0.4) is 0 Å². The van der Waals surface area contributed by atoms with Crippen LogP contribution in [0.1, 0.15) is 25.3 Å². The van der Waals surface area contributed by atoms with E-state index in [1.54, 1.807) is 19.3 Å². The Labute approximate surface area is 195 Å². The summed E-state index contributed by atoms with van der Waals surface area (Å²) < 4.78 is 32.1. The predicted octanol–water partition coefficient (Wildman–Crippen LogP) is 4.86. The smallest absolute Gasteiger partial charge is 0.167 e. The third-order valence-corrected chi connectivity index (χ3v) is 6.78. The normalized spacial score (nSPS) is 22.8. The first kappa shape index (κ1) is 23.2. The first-order valence-corrected chi connectivity index (χ1v) is 11.5. The van der Waals surface area contributed by atoms with Crippen LogP contribution in [0.5, 0.6) is 17.2 Å². The second-order valence-corrected chi connectivity index (χ2v) is 9.13. The van der Waals surface area contributed by atoms with Gasteiger partial charge in [-0.25, -0.2) is 4.39 Å². The minimum Gasteiger partial charge on any atom is -0.493 e. The van der Waals surface area contributed by atoms with Crippen LogP contribution < -0.4 is 25.3 Å². The van der Waals surface area contributed by atoms with E-state index < -0.39 is 5.82 Å². The molecular weight excluding hydrogens is 421 g/mol. The summed E-state index contributed by atoms with van der Waals surface area (Å²) >= 11 is 0. The molecule has 2 aliphatic rings. The van der Waals surface area contributed by atoms with E-state index >= 15 is 0 Å². The van der Waals surface area contributed by atoms with E-state index in [0.717, 1.165) is 23.1 Å². The molecule has 0 aromatic heterocycles. The number of hydrogen-bond acceptors (Lipinski definition) is 6. The summed E-state index contributed by atoms with van der Waals surface area (Å²) in [5, 5.41) is 3.20. The number of nitrogen functional groups attached to an aromatic ring is 1. The van der Waals surface area contributed by atoms with E-state index in [9.17, 15) is 4.39 Å². The molecule has 0 spiro atoms. The fourth-order valence-electron chi connectivity index (χ4n) is 5.23. The lowest BCUT2D eigenvalue weighted by Gasteiger charge is -2.20. The van der Waals surface area contributed by atoms with Crippen molar-refractivity contribution < 1.29 is 18.6 Å². The number of ether oxygens (including phenoxy) is 3. The number of halogens is 1. The molecule has 0 amide bonds. The molecule has 2 aromatic rings. The molecule has 1 saturated carbocycles. The zero-order valence-electron chi connectivity index (χ0n) is 19.9. The molecule has 33 heavy (non-hydrogen) atoms.